The van der Waals surface area contributed by atoms with Crippen molar-refractivity contribution in [2.75, 3.05) is 16.8 Å². The molecule has 2 rings (SSSR count). The van der Waals surface area contributed by atoms with E-state index < -0.39 is 39.7 Å². The minimum atomic E-state index is -1.24. The lowest BCUT2D eigenvalue weighted by Crippen LogP contribution is -2.05. The van der Waals surface area contributed by atoms with E-state index in [1.807, 2.05) is 0 Å². The van der Waals surface area contributed by atoms with Crippen LogP contribution in [0.2, 0.25) is 5.02 Å². The molecule has 0 fully saturated rings. The Morgan fingerprint density at radius 1 is 0.850 bits per heavy atom. The van der Waals surface area contributed by atoms with Crippen LogP contribution in [-0.4, -0.2) is 0 Å². The third-order valence-electron chi connectivity index (χ3n) is 2.52. The van der Waals surface area contributed by atoms with E-state index in [1.165, 1.54) is 0 Å². The molecule has 0 saturated heterocycles. The van der Waals surface area contributed by atoms with Crippen LogP contribution in [0.5, 0.6) is 0 Å². The Kier molecular flexibility index (Phi) is 3.63. The van der Waals surface area contributed by atoms with Crippen molar-refractivity contribution in [3.8, 4) is 0 Å². The van der Waals surface area contributed by atoms with Gasteiger partial charge < -0.3 is 16.8 Å². The van der Waals surface area contributed by atoms with E-state index in [0.717, 1.165) is 6.07 Å². The predicted octanol–water partition coefficient (Wildman–Crippen LogP) is 3.80. The molecule has 0 aliphatic carbocycles. The maximum absolute atomic E-state index is 13.9. The number of nitrogens with one attached hydrogen (secondary N) is 1. The van der Waals surface area contributed by atoms with E-state index in [-0.39, 0.29) is 11.4 Å². The number of anilines is 4. The predicted molar refractivity (Wildman–Crippen MR) is 69.8 cm³/mol. The molecule has 0 saturated carbocycles. The summed E-state index contributed by atoms with van der Waals surface area (Å²) in [5, 5.41) is 1.68. The average molecular weight is 306 g/mol. The minimum absolute atomic E-state index is 0.118. The molecule has 8 heteroatoms. The molecule has 0 aliphatic rings. The van der Waals surface area contributed by atoms with Gasteiger partial charge in [0.05, 0.1) is 17.1 Å². The maximum atomic E-state index is 13.9. The third kappa shape index (κ3) is 2.44. The topological polar surface area (TPSA) is 64.1 Å². The summed E-state index contributed by atoms with van der Waals surface area (Å²) in [7, 11) is 0. The molecule has 0 atom stereocenters. The van der Waals surface area contributed by atoms with Gasteiger partial charge >= 0.3 is 0 Å². The molecule has 0 aromatic heterocycles. The van der Waals surface area contributed by atoms with Crippen molar-refractivity contribution in [3.63, 3.8) is 0 Å². The Labute approximate surface area is 116 Å². The summed E-state index contributed by atoms with van der Waals surface area (Å²) in [6.07, 6.45) is 0. The lowest BCUT2D eigenvalue weighted by Gasteiger charge is -2.14. The fraction of sp³-hybridized carbons (Fsp3) is 0. The molecule has 5 N–H and O–H groups in total. The van der Waals surface area contributed by atoms with E-state index in [4.69, 9.17) is 23.1 Å². The van der Waals surface area contributed by atoms with Gasteiger partial charge in [0.25, 0.3) is 0 Å². The van der Waals surface area contributed by atoms with Crippen LogP contribution >= 0.6 is 11.6 Å². The first kappa shape index (κ1) is 14.3. The van der Waals surface area contributed by atoms with Crippen molar-refractivity contribution >= 4 is 34.4 Å². The van der Waals surface area contributed by atoms with E-state index >= 15 is 0 Å². The molecule has 2 aromatic rings. The minimum Gasteiger partial charge on any atom is -0.397 e. The van der Waals surface area contributed by atoms with Crippen LogP contribution in [0.4, 0.5) is 40.3 Å². The zero-order valence-electron chi connectivity index (χ0n) is 9.78. The van der Waals surface area contributed by atoms with Crippen LogP contribution in [0.15, 0.2) is 18.2 Å². The van der Waals surface area contributed by atoms with Crippen molar-refractivity contribution in [2.24, 2.45) is 0 Å². The smallest absolute Gasteiger partial charge is 0.169 e. The quantitative estimate of drug-likeness (QED) is 0.584. The number of halogens is 5. The van der Waals surface area contributed by atoms with E-state index in [9.17, 15) is 17.6 Å². The van der Waals surface area contributed by atoms with Gasteiger partial charge in [0, 0.05) is 12.1 Å². The Bertz CT molecular complexity index is 668. The summed E-state index contributed by atoms with van der Waals surface area (Å²) in [6, 6.07) is 2.02. The summed E-state index contributed by atoms with van der Waals surface area (Å²) in [4.78, 5) is 0. The van der Waals surface area contributed by atoms with E-state index in [2.05, 4.69) is 5.32 Å². The lowest BCUT2D eigenvalue weighted by atomic mass is 10.2. The SMILES string of the molecule is Nc1cc(N)c(Nc2c(F)cc(F)cc2F)c(F)c1Cl. The van der Waals surface area contributed by atoms with Crippen molar-refractivity contribution in [1.82, 2.24) is 0 Å². The second-order valence-corrected chi connectivity index (χ2v) is 4.31. The first-order valence-corrected chi connectivity index (χ1v) is 5.63. The van der Waals surface area contributed by atoms with Crippen molar-refractivity contribution < 1.29 is 17.6 Å². The van der Waals surface area contributed by atoms with Gasteiger partial charge in [0.1, 0.15) is 16.5 Å². The van der Waals surface area contributed by atoms with E-state index in [1.54, 1.807) is 0 Å². The Hall–Kier alpha value is -2.15. The molecule has 0 radical (unpaired) electrons. The van der Waals surface area contributed by atoms with Crippen molar-refractivity contribution in [1.29, 1.82) is 0 Å². The zero-order valence-corrected chi connectivity index (χ0v) is 10.5. The van der Waals surface area contributed by atoms with Crippen molar-refractivity contribution in [2.45, 2.75) is 0 Å². The third-order valence-corrected chi connectivity index (χ3v) is 2.91. The van der Waals surface area contributed by atoms with Crippen LogP contribution in [0.1, 0.15) is 0 Å². The monoisotopic (exact) mass is 305 g/mol. The molecule has 2 aromatic carbocycles. The zero-order chi connectivity index (χ0) is 15.0. The van der Waals surface area contributed by atoms with Gasteiger partial charge in [0.2, 0.25) is 0 Å². The Morgan fingerprint density at radius 2 is 1.40 bits per heavy atom. The number of hydrogen-bond donors (Lipinski definition) is 3. The Morgan fingerprint density at radius 3 is 1.95 bits per heavy atom. The molecule has 0 aliphatic heterocycles. The molecule has 20 heavy (non-hydrogen) atoms. The van der Waals surface area contributed by atoms with Gasteiger partial charge in [-0.15, -0.1) is 0 Å². The fourth-order valence-corrected chi connectivity index (χ4v) is 1.73. The number of nitrogen functional groups attached to an aromatic ring is 2. The highest BCUT2D eigenvalue weighted by Gasteiger charge is 2.18. The molecule has 0 heterocycles. The molecule has 0 bridgehead atoms. The normalized spacial score (nSPS) is 10.7. The summed E-state index contributed by atoms with van der Waals surface area (Å²) in [5.74, 6) is -4.65. The second kappa shape index (κ2) is 5.09. The van der Waals surface area contributed by atoms with Gasteiger partial charge in [-0.1, -0.05) is 11.6 Å². The molecule has 0 spiro atoms. The van der Waals surface area contributed by atoms with Crippen LogP contribution in [-0.2, 0) is 0 Å². The van der Waals surface area contributed by atoms with Crippen molar-refractivity contribution in [3.05, 3.63) is 46.5 Å². The molecular formula is C12H8ClF4N3. The van der Waals surface area contributed by atoms with Gasteiger partial charge in [0.15, 0.2) is 17.5 Å². The lowest BCUT2D eigenvalue weighted by molar-refractivity contribution is 0.548. The highest BCUT2D eigenvalue weighted by molar-refractivity contribution is 6.33. The summed E-state index contributed by atoms with van der Waals surface area (Å²) in [5.41, 5.74) is 9.37. The molecule has 0 amide bonds. The second-order valence-electron chi connectivity index (χ2n) is 3.93. The first-order valence-electron chi connectivity index (χ1n) is 5.25. The number of nitrogens with two attached hydrogens (primary N) is 2. The van der Waals surface area contributed by atoms with Gasteiger partial charge in [-0.05, 0) is 6.07 Å². The van der Waals surface area contributed by atoms with Gasteiger partial charge in [-0.2, -0.15) is 0 Å². The summed E-state index contributed by atoms with van der Waals surface area (Å²) in [6.45, 7) is 0. The number of rotatable bonds is 2. The van der Waals surface area contributed by atoms with Crippen LogP contribution < -0.4 is 16.8 Å². The highest BCUT2D eigenvalue weighted by Crippen LogP contribution is 2.36. The van der Waals surface area contributed by atoms with Crippen LogP contribution in [0.3, 0.4) is 0 Å². The maximum Gasteiger partial charge on any atom is 0.169 e. The Balaban J connectivity index is 2.54. The number of hydrogen-bond acceptors (Lipinski definition) is 3. The number of benzene rings is 2. The highest BCUT2D eigenvalue weighted by atomic mass is 35.5. The molecule has 3 nitrogen and oxygen atoms in total. The van der Waals surface area contributed by atoms with Crippen LogP contribution in [0.25, 0.3) is 0 Å². The van der Waals surface area contributed by atoms with Gasteiger partial charge in [-0.3, -0.25) is 0 Å². The molecular weight excluding hydrogens is 298 g/mol. The standard InChI is InChI=1S/C12H8ClF4N3/c13-9-7(18)3-8(19)12(10(9)17)20-11-5(15)1-4(14)2-6(11)16/h1-3,20H,18-19H2. The molecule has 0 unspecified atom stereocenters. The van der Waals surface area contributed by atoms with E-state index in [0.29, 0.717) is 12.1 Å². The molecule has 106 valence electrons. The summed E-state index contributed by atoms with van der Waals surface area (Å²) < 4.78 is 53.6. The fourth-order valence-electron chi connectivity index (χ4n) is 1.58. The van der Waals surface area contributed by atoms with Gasteiger partial charge in [-0.25, -0.2) is 17.6 Å². The van der Waals surface area contributed by atoms with Crippen LogP contribution in [0, 0.1) is 23.3 Å². The largest absolute Gasteiger partial charge is 0.397 e. The average Bonchev–Trinajstić information content (AvgIpc) is 2.34. The summed E-state index contributed by atoms with van der Waals surface area (Å²) >= 11 is 5.58. The first-order chi connectivity index (χ1) is 9.31.